The SMILES string of the molecule is Cn1cccc1-c1cc(C(=O)N2CCN(C(c3ccccc3)c3ccccc3)CC2)c2cc(F)ccc2n1. The van der Waals surface area contributed by atoms with E-state index in [1.807, 2.05) is 53.0 Å². The number of amides is 1. The fraction of sp³-hybridized carbons (Fsp3) is 0.188. The van der Waals surface area contributed by atoms with Gasteiger partial charge in [0.15, 0.2) is 0 Å². The van der Waals surface area contributed by atoms with Crippen molar-refractivity contribution in [1.29, 1.82) is 0 Å². The molecule has 0 unspecified atom stereocenters. The van der Waals surface area contributed by atoms with Crippen molar-refractivity contribution in [2.24, 2.45) is 7.05 Å². The van der Waals surface area contributed by atoms with Gasteiger partial charge in [0.25, 0.3) is 5.91 Å². The molecule has 2 aromatic heterocycles. The first-order chi connectivity index (χ1) is 18.6. The predicted molar refractivity (Wildman–Crippen MR) is 148 cm³/mol. The molecule has 0 aliphatic carbocycles. The van der Waals surface area contributed by atoms with E-state index in [1.54, 1.807) is 6.07 Å². The van der Waals surface area contributed by atoms with E-state index in [0.29, 0.717) is 35.2 Å². The summed E-state index contributed by atoms with van der Waals surface area (Å²) >= 11 is 0. The number of aryl methyl sites for hydroxylation is 1. The number of hydrogen-bond acceptors (Lipinski definition) is 3. The van der Waals surface area contributed by atoms with Gasteiger partial charge in [0.2, 0.25) is 0 Å². The number of nitrogens with zero attached hydrogens (tertiary/aromatic N) is 4. The number of carbonyl (C=O) groups excluding carboxylic acids is 1. The zero-order valence-electron chi connectivity index (χ0n) is 21.3. The number of piperazine rings is 1. The monoisotopic (exact) mass is 504 g/mol. The molecule has 5 nitrogen and oxygen atoms in total. The molecule has 1 fully saturated rings. The second-order valence-corrected chi connectivity index (χ2v) is 9.77. The van der Waals surface area contributed by atoms with Crippen LogP contribution in [0.15, 0.2) is 103 Å². The van der Waals surface area contributed by atoms with Crippen molar-refractivity contribution in [3.05, 3.63) is 126 Å². The van der Waals surface area contributed by atoms with Crippen LogP contribution in [0.1, 0.15) is 27.5 Å². The third-order valence-electron chi connectivity index (χ3n) is 7.40. The Morgan fingerprint density at radius 1 is 0.816 bits per heavy atom. The van der Waals surface area contributed by atoms with Gasteiger partial charge in [-0.05, 0) is 47.5 Å². The number of pyridine rings is 1. The Bertz CT molecular complexity index is 1530. The summed E-state index contributed by atoms with van der Waals surface area (Å²) in [7, 11) is 1.95. The molecule has 0 spiro atoms. The standard InChI is InChI=1S/C32H29FN4O/c1-35-16-8-13-30(35)29-22-27(26-21-25(33)14-15-28(26)34-29)32(38)37-19-17-36(18-20-37)31(23-9-4-2-5-10-23)24-11-6-3-7-12-24/h2-16,21-22,31H,17-20H2,1H3. The van der Waals surface area contributed by atoms with Gasteiger partial charge >= 0.3 is 0 Å². The molecule has 6 heteroatoms. The van der Waals surface area contributed by atoms with Crippen LogP contribution < -0.4 is 0 Å². The summed E-state index contributed by atoms with van der Waals surface area (Å²) in [5, 5.41) is 0.543. The molecule has 1 aliphatic heterocycles. The second kappa shape index (κ2) is 10.2. The molecule has 1 saturated heterocycles. The normalized spacial score (nSPS) is 14.3. The first-order valence-corrected chi connectivity index (χ1v) is 12.9. The number of fused-ring (bicyclic) bond motifs is 1. The highest BCUT2D eigenvalue weighted by Crippen LogP contribution is 2.31. The molecule has 0 N–H and O–H groups in total. The predicted octanol–water partition coefficient (Wildman–Crippen LogP) is 5.93. The molecule has 190 valence electrons. The van der Waals surface area contributed by atoms with Crippen LogP contribution in [0.25, 0.3) is 22.3 Å². The molecule has 3 heterocycles. The van der Waals surface area contributed by atoms with Crippen LogP contribution in [0.4, 0.5) is 4.39 Å². The van der Waals surface area contributed by atoms with Crippen molar-refractivity contribution in [2.45, 2.75) is 6.04 Å². The number of carbonyl (C=O) groups is 1. The van der Waals surface area contributed by atoms with E-state index >= 15 is 0 Å². The van der Waals surface area contributed by atoms with Gasteiger partial charge in [0.1, 0.15) is 5.82 Å². The fourth-order valence-corrected chi connectivity index (χ4v) is 5.47. The highest BCUT2D eigenvalue weighted by molar-refractivity contribution is 6.07. The van der Waals surface area contributed by atoms with E-state index in [2.05, 4.69) is 53.4 Å². The van der Waals surface area contributed by atoms with Crippen LogP contribution in [-0.2, 0) is 7.05 Å². The Morgan fingerprint density at radius 2 is 1.47 bits per heavy atom. The maximum atomic E-state index is 14.3. The van der Waals surface area contributed by atoms with Crippen molar-refractivity contribution < 1.29 is 9.18 Å². The highest BCUT2D eigenvalue weighted by Gasteiger charge is 2.29. The minimum absolute atomic E-state index is 0.0888. The zero-order valence-corrected chi connectivity index (χ0v) is 21.3. The van der Waals surface area contributed by atoms with Crippen molar-refractivity contribution in [3.8, 4) is 11.4 Å². The highest BCUT2D eigenvalue weighted by atomic mass is 19.1. The number of hydrogen-bond donors (Lipinski definition) is 0. The number of aromatic nitrogens is 2. The number of halogens is 1. The van der Waals surface area contributed by atoms with Crippen molar-refractivity contribution >= 4 is 16.8 Å². The molecule has 5 aromatic rings. The van der Waals surface area contributed by atoms with Crippen LogP contribution in [0.2, 0.25) is 0 Å². The lowest BCUT2D eigenvalue weighted by molar-refractivity contribution is 0.0599. The summed E-state index contributed by atoms with van der Waals surface area (Å²) < 4.78 is 16.2. The Labute approximate surface area is 221 Å². The Morgan fingerprint density at radius 3 is 2.08 bits per heavy atom. The number of benzene rings is 3. The molecule has 1 aliphatic rings. The van der Waals surface area contributed by atoms with Crippen LogP contribution in [-0.4, -0.2) is 51.4 Å². The third-order valence-corrected chi connectivity index (χ3v) is 7.40. The first-order valence-electron chi connectivity index (χ1n) is 12.9. The number of rotatable bonds is 5. The van der Waals surface area contributed by atoms with Gasteiger partial charge in [-0.25, -0.2) is 9.37 Å². The lowest BCUT2D eigenvalue weighted by Crippen LogP contribution is -2.49. The largest absolute Gasteiger partial charge is 0.349 e. The molecule has 0 saturated carbocycles. The van der Waals surface area contributed by atoms with E-state index in [4.69, 9.17) is 4.98 Å². The van der Waals surface area contributed by atoms with Gasteiger partial charge in [-0.15, -0.1) is 0 Å². The summed E-state index contributed by atoms with van der Waals surface area (Å²) in [4.78, 5) is 23.0. The first kappa shape index (κ1) is 24.1. The summed E-state index contributed by atoms with van der Waals surface area (Å²) in [5.74, 6) is -0.465. The molecule has 0 bridgehead atoms. The summed E-state index contributed by atoms with van der Waals surface area (Å²) in [6.07, 6.45) is 1.95. The Kier molecular flexibility index (Phi) is 6.48. The average Bonchev–Trinajstić information content (AvgIpc) is 3.39. The van der Waals surface area contributed by atoms with Crippen LogP contribution >= 0.6 is 0 Å². The quantitative estimate of drug-likeness (QED) is 0.298. The molecular weight excluding hydrogens is 475 g/mol. The minimum Gasteiger partial charge on any atom is -0.349 e. The van der Waals surface area contributed by atoms with Crippen LogP contribution in [0.5, 0.6) is 0 Å². The molecule has 0 radical (unpaired) electrons. The van der Waals surface area contributed by atoms with E-state index in [-0.39, 0.29) is 17.8 Å². The molecule has 1 amide bonds. The maximum Gasteiger partial charge on any atom is 0.254 e. The average molecular weight is 505 g/mol. The van der Waals surface area contributed by atoms with Gasteiger partial charge < -0.3 is 9.47 Å². The van der Waals surface area contributed by atoms with Crippen molar-refractivity contribution in [3.63, 3.8) is 0 Å². The minimum atomic E-state index is -0.377. The topological polar surface area (TPSA) is 41.4 Å². The van der Waals surface area contributed by atoms with Crippen molar-refractivity contribution in [1.82, 2.24) is 19.4 Å². The van der Waals surface area contributed by atoms with Crippen LogP contribution in [0.3, 0.4) is 0 Å². The smallest absolute Gasteiger partial charge is 0.254 e. The van der Waals surface area contributed by atoms with E-state index < -0.39 is 0 Å². The van der Waals surface area contributed by atoms with Gasteiger partial charge in [0.05, 0.1) is 28.5 Å². The van der Waals surface area contributed by atoms with E-state index in [0.717, 1.165) is 18.8 Å². The van der Waals surface area contributed by atoms with Crippen molar-refractivity contribution in [2.75, 3.05) is 26.2 Å². The lowest BCUT2D eigenvalue weighted by atomic mass is 9.96. The van der Waals surface area contributed by atoms with Gasteiger partial charge in [0, 0.05) is 44.8 Å². The second-order valence-electron chi connectivity index (χ2n) is 9.77. The lowest BCUT2D eigenvalue weighted by Gasteiger charge is -2.40. The zero-order chi connectivity index (χ0) is 26.1. The third kappa shape index (κ3) is 4.59. The molecule has 6 rings (SSSR count). The maximum absolute atomic E-state index is 14.3. The van der Waals surface area contributed by atoms with Gasteiger partial charge in [-0.3, -0.25) is 9.69 Å². The summed E-state index contributed by atoms with van der Waals surface area (Å²) in [6.45, 7) is 2.66. The fourth-order valence-electron chi connectivity index (χ4n) is 5.47. The van der Waals surface area contributed by atoms with Crippen LogP contribution in [0, 0.1) is 5.82 Å². The summed E-state index contributed by atoms with van der Waals surface area (Å²) in [5.41, 5.74) is 5.18. The Balaban J connectivity index is 1.30. The van der Waals surface area contributed by atoms with Gasteiger partial charge in [-0.1, -0.05) is 60.7 Å². The molecular formula is C32H29FN4O. The van der Waals surface area contributed by atoms with E-state index in [1.165, 1.54) is 23.3 Å². The summed E-state index contributed by atoms with van der Waals surface area (Å²) in [6, 6.07) is 31.3. The Hall–Kier alpha value is -4.29. The molecule has 38 heavy (non-hydrogen) atoms. The molecule has 0 atom stereocenters. The van der Waals surface area contributed by atoms with Gasteiger partial charge in [-0.2, -0.15) is 0 Å². The molecule has 3 aromatic carbocycles. The van der Waals surface area contributed by atoms with E-state index in [9.17, 15) is 9.18 Å².